The van der Waals surface area contributed by atoms with Gasteiger partial charge in [-0.25, -0.2) is 4.79 Å². The Hall–Kier alpha value is -2.93. The molecule has 0 heterocycles. The highest BCUT2D eigenvalue weighted by Crippen LogP contribution is 2.42. The summed E-state index contributed by atoms with van der Waals surface area (Å²) in [6.07, 6.45) is -16.0. The molecule has 0 radical (unpaired) electrons. The van der Waals surface area contributed by atoms with Crippen LogP contribution >= 0.6 is 0 Å². The van der Waals surface area contributed by atoms with Gasteiger partial charge in [0.05, 0.1) is 6.61 Å². The van der Waals surface area contributed by atoms with Gasteiger partial charge in [0.1, 0.15) is 5.57 Å². The first-order valence-electron chi connectivity index (χ1n) is 9.79. The molecule has 0 saturated carbocycles. The van der Waals surface area contributed by atoms with E-state index in [-0.39, 0.29) is 5.69 Å². The van der Waals surface area contributed by atoms with Crippen molar-refractivity contribution in [2.75, 3.05) is 11.9 Å². The van der Waals surface area contributed by atoms with E-state index in [1.54, 1.807) is 5.32 Å². The second-order valence-corrected chi connectivity index (χ2v) is 8.77. The van der Waals surface area contributed by atoms with E-state index in [1.165, 1.54) is 18.2 Å². The summed E-state index contributed by atoms with van der Waals surface area (Å²) in [6, 6.07) is 5.83. The van der Waals surface area contributed by atoms with Crippen molar-refractivity contribution >= 4 is 27.7 Å². The molecule has 8 nitrogen and oxygen atoms in total. The summed E-state index contributed by atoms with van der Waals surface area (Å²) < 4.78 is 171. The minimum absolute atomic E-state index is 0.382. The molecule has 0 aliphatic rings. The molecule has 0 spiro atoms. The number of halogens is 10. The Kier molecular flexibility index (Phi) is 9.96. The number of esters is 1. The summed E-state index contributed by atoms with van der Waals surface area (Å²) in [4.78, 5) is 24.3. The van der Waals surface area contributed by atoms with Gasteiger partial charge < -0.3 is 14.8 Å². The molecule has 1 atom stereocenters. The van der Waals surface area contributed by atoms with Gasteiger partial charge >= 0.3 is 51.3 Å². The molecule has 2 N–H and O–H groups in total. The number of ether oxygens (including phenoxy) is 2. The Labute approximate surface area is 207 Å². The van der Waals surface area contributed by atoms with Gasteiger partial charge in [-0.2, -0.15) is 52.3 Å². The largest absolute Gasteiger partial charge is 0.466 e. The van der Waals surface area contributed by atoms with Crippen LogP contribution < -0.4 is 5.32 Å². The van der Waals surface area contributed by atoms with Crippen LogP contribution in [0.15, 0.2) is 42.5 Å². The molecule has 0 bridgehead atoms. The van der Waals surface area contributed by atoms with Crippen molar-refractivity contribution < 1.29 is 75.9 Å². The molecule has 1 unspecified atom stereocenters. The fourth-order valence-corrected chi connectivity index (χ4v) is 2.93. The molecular weight excluding hydrogens is 576 g/mol. The van der Waals surface area contributed by atoms with Gasteiger partial charge in [0.25, 0.3) is 0 Å². The lowest BCUT2D eigenvalue weighted by Gasteiger charge is -2.33. The maximum atomic E-state index is 13.9. The number of alkyl halides is 10. The predicted octanol–water partition coefficient (Wildman–Crippen LogP) is 4.85. The molecule has 0 aliphatic carbocycles. The monoisotopic (exact) mass is 593 g/mol. The van der Waals surface area contributed by atoms with Crippen LogP contribution in [0.3, 0.4) is 0 Å². The number of amides is 1. The highest BCUT2D eigenvalue weighted by molar-refractivity contribution is 7.87. The van der Waals surface area contributed by atoms with E-state index in [9.17, 15) is 61.9 Å². The first-order chi connectivity index (χ1) is 17.0. The third-order valence-corrected chi connectivity index (χ3v) is 5.42. The van der Waals surface area contributed by atoms with Crippen LogP contribution in [0.2, 0.25) is 0 Å². The number of nitrogens with one attached hydrogen (secondary N) is 1. The number of carbonyl (C=O) groups is 2. The minimum atomic E-state index is -6.59. The zero-order chi connectivity index (χ0) is 29.8. The van der Waals surface area contributed by atoms with Gasteiger partial charge in [0.2, 0.25) is 0 Å². The standard InChI is InChI=1S/C19H17F10NO7S/c1-11(17(22,23)24)13(31)37-16(18(25,26)27,14(32)30-12-7-3-2-4-8-12)36-10-6-5-9-15(20,21)19(28,29)38(33,34)35/h2-4,7-8H,1,5-6,9-10H2,(H,30,32)(H,33,34,35). The van der Waals surface area contributed by atoms with Gasteiger partial charge in [-0.05, 0) is 25.0 Å². The minimum Gasteiger partial charge on any atom is -0.412 e. The molecule has 0 aromatic heterocycles. The summed E-state index contributed by atoms with van der Waals surface area (Å²) in [6.45, 7) is 0.724. The van der Waals surface area contributed by atoms with Gasteiger partial charge in [0, 0.05) is 12.1 Å². The summed E-state index contributed by atoms with van der Waals surface area (Å²) in [5.41, 5.74) is -2.86. The van der Waals surface area contributed by atoms with Crippen molar-refractivity contribution in [2.45, 2.75) is 48.6 Å². The lowest BCUT2D eigenvalue weighted by atomic mass is 10.1. The van der Waals surface area contributed by atoms with Gasteiger partial charge in [-0.15, -0.1) is 0 Å². The van der Waals surface area contributed by atoms with E-state index < -0.39 is 82.8 Å². The third kappa shape index (κ3) is 7.56. The molecule has 1 rings (SSSR count). The average Bonchev–Trinajstić information content (AvgIpc) is 2.75. The van der Waals surface area contributed by atoms with E-state index in [2.05, 4.69) is 16.1 Å². The average molecular weight is 593 g/mol. The molecule has 1 aromatic rings. The Morgan fingerprint density at radius 2 is 1.45 bits per heavy atom. The smallest absolute Gasteiger partial charge is 0.412 e. The Morgan fingerprint density at radius 1 is 0.921 bits per heavy atom. The highest BCUT2D eigenvalue weighted by Gasteiger charge is 2.67. The normalized spacial score (nSPS) is 14.9. The summed E-state index contributed by atoms with van der Waals surface area (Å²) in [5.74, 6) is -15.4. The summed E-state index contributed by atoms with van der Waals surface area (Å²) >= 11 is 0. The number of hydrogen-bond donors (Lipinski definition) is 2. The van der Waals surface area contributed by atoms with Crippen molar-refractivity contribution in [1.82, 2.24) is 0 Å². The number of unbranched alkanes of at least 4 members (excludes halogenated alkanes) is 1. The number of para-hydroxylation sites is 1. The van der Waals surface area contributed by atoms with E-state index in [0.29, 0.717) is 0 Å². The van der Waals surface area contributed by atoms with Crippen molar-refractivity contribution in [1.29, 1.82) is 0 Å². The maximum Gasteiger partial charge on any atom is 0.466 e. The second-order valence-electron chi connectivity index (χ2n) is 7.30. The molecule has 0 saturated heterocycles. The molecule has 216 valence electrons. The number of benzene rings is 1. The first kappa shape index (κ1) is 33.1. The van der Waals surface area contributed by atoms with E-state index in [0.717, 1.165) is 12.1 Å². The summed E-state index contributed by atoms with van der Waals surface area (Å²) in [7, 11) is -6.59. The quantitative estimate of drug-likeness (QED) is 0.0889. The van der Waals surface area contributed by atoms with Crippen LogP contribution in [0, 0.1) is 0 Å². The van der Waals surface area contributed by atoms with Gasteiger partial charge in [0.15, 0.2) is 0 Å². The van der Waals surface area contributed by atoms with Crippen molar-refractivity contribution in [3.05, 3.63) is 42.5 Å². The second kappa shape index (κ2) is 11.4. The highest BCUT2D eigenvalue weighted by atomic mass is 32.2. The third-order valence-electron chi connectivity index (χ3n) is 4.47. The molecule has 38 heavy (non-hydrogen) atoms. The van der Waals surface area contributed by atoms with Crippen LogP contribution in [-0.4, -0.2) is 60.8 Å². The predicted molar refractivity (Wildman–Crippen MR) is 106 cm³/mol. The van der Waals surface area contributed by atoms with Crippen LogP contribution in [0.1, 0.15) is 19.3 Å². The number of anilines is 1. The van der Waals surface area contributed by atoms with Gasteiger partial charge in [-0.3, -0.25) is 9.35 Å². The molecular formula is C19H17F10NO7S. The van der Waals surface area contributed by atoms with Crippen LogP contribution in [0.25, 0.3) is 0 Å². The van der Waals surface area contributed by atoms with Crippen LogP contribution in [-0.2, 0) is 29.2 Å². The van der Waals surface area contributed by atoms with Gasteiger partial charge in [-0.1, -0.05) is 24.8 Å². The SMILES string of the molecule is C=C(C(=O)OC(OCCCCC(F)(F)C(F)(F)S(=O)(=O)O)(C(=O)Nc1ccccc1)C(F)(F)F)C(F)(F)F. The molecule has 1 amide bonds. The lowest BCUT2D eigenvalue weighted by molar-refractivity contribution is -0.346. The van der Waals surface area contributed by atoms with Crippen molar-refractivity contribution in [3.63, 3.8) is 0 Å². The zero-order valence-electron chi connectivity index (χ0n) is 18.5. The van der Waals surface area contributed by atoms with Crippen molar-refractivity contribution in [2.24, 2.45) is 0 Å². The maximum absolute atomic E-state index is 13.9. The molecule has 0 aliphatic heterocycles. The summed E-state index contributed by atoms with van der Waals surface area (Å²) in [5, 5.41) is -4.38. The molecule has 0 fully saturated rings. The molecule has 19 heteroatoms. The fourth-order valence-electron chi connectivity index (χ4n) is 2.45. The Balaban J connectivity index is 3.21. The van der Waals surface area contributed by atoms with Crippen LogP contribution in [0.4, 0.5) is 49.6 Å². The van der Waals surface area contributed by atoms with E-state index >= 15 is 0 Å². The first-order valence-corrected chi connectivity index (χ1v) is 11.2. The van der Waals surface area contributed by atoms with Crippen molar-refractivity contribution in [3.8, 4) is 0 Å². The number of hydrogen-bond acceptors (Lipinski definition) is 6. The fraction of sp³-hybridized carbons (Fsp3) is 0.474. The zero-order valence-corrected chi connectivity index (χ0v) is 19.3. The van der Waals surface area contributed by atoms with E-state index in [1.807, 2.05) is 0 Å². The number of rotatable bonds is 12. The Morgan fingerprint density at radius 3 is 1.89 bits per heavy atom. The molecule has 1 aromatic carbocycles. The topological polar surface area (TPSA) is 119 Å². The lowest BCUT2D eigenvalue weighted by Crippen LogP contribution is -2.60. The van der Waals surface area contributed by atoms with Crippen LogP contribution in [0.5, 0.6) is 0 Å². The Bertz CT molecular complexity index is 1120. The van der Waals surface area contributed by atoms with E-state index in [4.69, 9.17) is 4.55 Å². The number of carbonyl (C=O) groups excluding carboxylic acids is 2.